The van der Waals surface area contributed by atoms with E-state index in [0.29, 0.717) is 5.92 Å². The summed E-state index contributed by atoms with van der Waals surface area (Å²) < 4.78 is 0. The van der Waals surface area contributed by atoms with Crippen LogP contribution in [0.5, 0.6) is 0 Å². The van der Waals surface area contributed by atoms with Gasteiger partial charge in [0.15, 0.2) is 0 Å². The fraction of sp³-hybridized carbons (Fsp3) is 0.833. The molecule has 0 heterocycles. The van der Waals surface area contributed by atoms with Gasteiger partial charge < -0.3 is 5.11 Å². The van der Waals surface area contributed by atoms with Crippen LogP contribution in [-0.2, 0) is 0 Å². The first kappa shape index (κ1) is 10.8. The molecule has 76 valence electrons. The largest absolute Gasteiger partial charge is 0.390 e. The number of hydrogen-bond donors (Lipinski definition) is 1. The van der Waals surface area contributed by atoms with E-state index in [1.165, 1.54) is 12.0 Å². The van der Waals surface area contributed by atoms with Gasteiger partial charge in [0.05, 0.1) is 5.60 Å². The fourth-order valence-electron chi connectivity index (χ4n) is 2.24. The highest BCUT2D eigenvalue weighted by Gasteiger charge is 2.31. The van der Waals surface area contributed by atoms with Gasteiger partial charge in [-0.05, 0) is 45.4 Å². The Hall–Kier alpha value is -0.300. The van der Waals surface area contributed by atoms with Crippen LogP contribution in [0.15, 0.2) is 11.6 Å². The minimum absolute atomic E-state index is 0.439. The Morgan fingerprint density at radius 3 is 2.77 bits per heavy atom. The van der Waals surface area contributed by atoms with Gasteiger partial charge in [-0.1, -0.05) is 25.0 Å². The highest BCUT2D eigenvalue weighted by atomic mass is 16.3. The van der Waals surface area contributed by atoms with Crippen molar-refractivity contribution in [3.8, 4) is 0 Å². The Balaban J connectivity index is 2.53. The summed E-state index contributed by atoms with van der Waals surface area (Å²) in [6.45, 7) is 6.32. The van der Waals surface area contributed by atoms with Gasteiger partial charge in [-0.25, -0.2) is 0 Å². The summed E-state index contributed by atoms with van der Waals surface area (Å²) in [6.07, 6.45) is 7.70. The number of aliphatic hydroxyl groups is 1. The van der Waals surface area contributed by atoms with E-state index in [1.54, 1.807) is 0 Å². The molecule has 0 aromatic heterocycles. The maximum absolute atomic E-state index is 10.2. The van der Waals surface area contributed by atoms with E-state index in [4.69, 9.17) is 0 Å². The topological polar surface area (TPSA) is 20.2 Å². The van der Waals surface area contributed by atoms with Crippen LogP contribution >= 0.6 is 0 Å². The molecule has 0 bridgehead atoms. The lowest BCUT2D eigenvalue weighted by molar-refractivity contribution is -0.0135. The van der Waals surface area contributed by atoms with Gasteiger partial charge in [0.25, 0.3) is 0 Å². The van der Waals surface area contributed by atoms with E-state index in [1.807, 2.05) is 6.92 Å². The van der Waals surface area contributed by atoms with E-state index in [9.17, 15) is 5.11 Å². The zero-order valence-electron chi connectivity index (χ0n) is 9.14. The minimum atomic E-state index is -0.439. The lowest BCUT2D eigenvalue weighted by atomic mass is 9.77. The highest BCUT2D eigenvalue weighted by molar-refractivity contribution is 5.05. The third-order valence-corrected chi connectivity index (χ3v) is 3.27. The molecule has 0 spiro atoms. The van der Waals surface area contributed by atoms with Crippen molar-refractivity contribution in [3.63, 3.8) is 0 Å². The van der Waals surface area contributed by atoms with Crippen molar-refractivity contribution in [2.24, 2.45) is 5.92 Å². The summed E-state index contributed by atoms with van der Waals surface area (Å²) in [5.41, 5.74) is 1.05. The van der Waals surface area contributed by atoms with Crippen molar-refractivity contribution in [2.45, 2.75) is 58.5 Å². The van der Waals surface area contributed by atoms with Crippen molar-refractivity contribution in [1.82, 2.24) is 0 Å². The van der Waals surface area contributed by atoms with Crippen LogP contribution in [0.2, 0.25) is 0 Å². The quantitative estimate of drug-likeness (QED) is 0.664. The van der Waals surface area contributed by atoms with Gasteiger partial charge in [0.1, 0.15) is 0 Å². The van der Waals surface area contributed by atoms with Crippen LogP contribution in [0.3, 0.4) is 0 Å². The average Bonchev–Trinajstić information content (AvgIpc) is 2.05. The molecule has 0 unspecified atom stereocenters. The van der Waals surface area contributed by atoms with Crippen LogP contribution in [-0.4, -0.2) is 10.7 Å². The summed E-state index contributed by atoms with van der Waals surface area (Å²) in [4.78, 5) is 0. The Labute approximate surface area is 81.9 Å². The first-order valence-electron chi connectivity index (χ1n) is 5.44. The van der Waals surface area contributed by atoms with E-state index in [0.717, 1.165) is 25.7 Å². The second kappa shape index (κ2) is 4.28. The molecule has 0 radical (unpaired) electrons. The molecule has 0 saturated carbocycles. The molecule has 0 aliphatic heterocycles. The van der Waals surface area contributed by atoms with Gasteiger partial charge in [-0.2, -0.15) is 0 Å². The highest BCUT2D eigenvalue weighted by Crippen LogP contribution is 2.34. The zero-order valence-corrected chi connectivity index (χ0v) is 9.14. The maximum Gasteiger partial charge on any atom is 0.0650 e. The Kier molecular flexibility index (Phi) is 3.55. The number of hydrogen-bond acceptors (Lipinski definition) is 1. The van der Waals surface area contributed by atoms with Gasteiger partial charge >= 0.3 is 0 Å². The average molecular weight is 182 g/mol. The Morgan fingerprint density at radius 1 is 1.62 bits per heavy atom. The molecule has 13 heavy (non-hydrogen) atoms. The van der Waals surface area contributed by atoms with Crippen molar-refractivity contribution in [3.05, 3.63) is 11.6 Å². The molecule has 0 amide bonds. The lowest BCUT2D eigenvalue weighted by Gasteiger charge is -2.34. The normalized spacial score (nSPS) is 28.0. The van der Waals surface area contributed by atoms with Crippen LogP contribution in [0.4, 0.5) is 0 Å². The van der Waals surface area contributed by atoms with Gasteiger partial charge in [-0.15, -0.1) is 0 Å². The van der Waals surface area contributed by atoms with E-state index >= 15 is 0 Å². The minimum Gasteiger partial charge on any atom is -0.390 e. The predicted octanol–water partition coefficient (Wildman–Crippen LogP) is 3.28. The number of rotatable bonds is 3. The molecule has 0 saturated heterocycles. The second-order valence-electron chi connectivity index (χ2n) is 4.63. The molecule has 2 atom stereocenters. The SMILES string of the molecule is CCC[C@](C)(O)[C@@H]1CC=C(C)CC1. The Morgan fingerprint density at radius 2 is 2.31 bits per heavy atom. The molecule has 0 aromatic carbocycles. The molecule has 1 rings (SSSR count). The maximum atomic E-state index is 10.2. The molecular formula is C12H22O. The summed E-state index contributed by atoms with van der Waals surface area (Å²) in [7, 11) is 0. The van der Waals surface area contributed by atoms with Gasteiger partial charge in [-0.3, -0.25) is 0 Å². The summed E-state index contributed by atoms with van der Waals surface area (Å²) in [5.74, 6) is 0.483. The molecule has 0 aromatic rings. The van der Waals surface area contributed by atoms with E-state index < -0.39 is 5.60 Å². The molecule has 1 aliphatic carbocycles. The van der Waals surface area contributed by atoms with Gasteiger partial charge in [0.2, 0.25) is 0 Å². The third-order valence-electron chi connectivity index (χ3n) is 3.27. The predicted molar refractivity (Wildman–Crippen MR) is 56.6 cm³/mol. The molecule has 1 N–H and O–H groups in total. The standard InChI is InChI=1S/C12H22O/c1-4-9-12(3,13)11-7-5-10(2)6-8-11/h5,11,13H,4,6-9H2,1-3H3/t11-,12+/m1/s1. The first-order valence-corrected chi connectivity index (χ1v) is 5.44. The summed E-state index contributed by atoms with van der Waals surface area (Å²) >= 11 is 0. The van der Waals surface area contributed by atoms with Crippen molar-refractivity contribution in [2.75, 3.05) is 0 Å². The zero-order chi connectivity index (χ0) is 9.90. The molecule has 1 heteroatoms. The number of allylic oxidation sites excluding steroid dienone is 2. The second-order valence-corrected chi connectivity index (χ2v) is 4.63. The molecule has 0 fully saturated rings. The molecular weight excluding hydrogens is 160 g/mol. The molecule has 1 nitrogen and oxygen atoms in total. The van der Waals surface area contributed by atoms with Crippen LogP contribution in [0.1, 0.15) is 52.9 Å². The van der Waals surface area contributed by atoms with E-state index in [2.05, 4.69) is 19.9 Å². The summed E-state index contributed by atoms with van der Waals surface area (Å²) in [5, 5.41) is 10.2. The van der Waals surface area contributed by atoms with Crippen molar-refractivity contribution in [1.29, 1.82) is 0 Å². The lowest BCUT2D eigenvalue weighted by Crippen LogP contribution is -2.35. The third kappa shape index (κ3) is 2.84. The van der Waals surface area contributed by atoms with Crippen molar-refractivity contribution >= 4 is 0 Å². The van der Waals surface area contributed by atoms with Crippen LogP contribution in [0.25, 0.3) is 0 Å². The van der Waals surface area contributed by atoms with Crippen molar-refractivity contribution < 1.29 is 5.11 Å². The van der Waals surface area contributed by atoms with E-state index in [-0.39, 0.29) is 0 Å². The van der Waals surface area contributed by atoms with Crippen LogP contribution in [0, 0.1) is 5.92 Å². The molecule has 1 aliphatic rings. The smallest absolute Gasteiger partial charge is 0.0650 e. The monoisotopic (exact) mass is 182 g/mol. The summed E-state index contributed by atoms with van der Waals surface area (Å²) in [6, 6.07) is 0. The fourth-order valence-corrected chi connectivity index (χ4v) is 2.24. The Bertz CT molecular complexity index is 191. The van der Waals surface area contributed by atoms with Gasteiger partial charge in [0, 0.05) is 0 Å². The van der Waals surface area contributed by atoms with Crippen LogP contribution < -0.4 is 0 Å². The first-order chi connectivity index (χ1) is 6.06.